The van der Waals surface area contributed by atoms with E-state index in [4.69, 9.17) is 11.6 Å². The molecule has 3 rings (SSSR count). The van der Waals surface area contributed by atoms with Crippen LogP contribution in [0.25, 0.3) is 0 Å². The number of thiophene rings is 1. The van der Waals surface area contributed by atoms with Crippen molar-refractivity contribution in [3.8, 4) is 0 Å². The summed E-state index contributed by atoms with van der Waals surface area (Å²) in [6.07, 6.45) is 6.01. The second kappa shape index (κ2) is 7.02. The molecule has 0 saturated heterocycles. The average Bonchev–Trinajstić information content (AvgIpc) is 2.98. The number of halogens is 1. The number of hydrogen-bond acceptors (Lipinski definition) is 6. The number of hydrogen-bond donors (Lipinski definition) is 2. The molecule has 0 bridgehead atoms. The zero-order chi connectivity index (χ0) is 16.3. The van der Waals surface area contributed by atoms with E-state index in [9.17, 15) is 8.42 Å². The molecule has 124 valence electrons. The maximum Gasteiger partial charge on any atom is 0.272 e. The lowest BCUT2D eigenvalue weighted by Crippen LogP contribution is -2.23. The lowest BCUT2D eigenvalue weighted by atomic mass is 9.95. The van der Waals surface area contributed by atoms with Crippen molar-refractivity contribution < 1.29 is 8.42 Å². The van der Waals surface area contributed by atoms with Crippen LogP contribution in [0.15, 0.2) is 28.5 Å². The molecule has 2 heterocycles. The van der Waals surface area contributed by atoms with Crippen LogP contribution in [0.1, 0.15) is 32.1 Å². The van der Waals surface area contributed by atoms with Crippen molar-refractivity contribution in [2.24, 2.45) is 0 Å². The standard InChI is InChI=1S/C14H17ClN4O2S2/c15-11-6-9-14(22-11)23(20,21)19-13-8-7-12(17-18-13)16-10-4-2-1-3-5-10/h6-10H,1-5H2,(H,16,17)(H,18,19). The van der Waals surface area contributed by atoms with Crippen molar-refractivity contribution in [1.82, 2.24) is 10.2 Å². The van der Waals surface area contributed by atoms with Crippen LogP contribution in [-0.2, 0) is 10.0 Å². The van der Waals surface area contributed by atoms with Crippen molar-refractivity contribution in [3.05, 3.63) is 28.6 Å². The topological polar surface area (TPSA) is 84.0 Å². The van der Waals surface area contributed by atoms with Crippen LogP contribution in [0.5, 0.6) is 0 Å². The van der Waals surface area contributed by atoms with Crippen LogP contribution in [0, 0.1) is 0 Å². The number of rotatable bonds is 5. The third-order valence-electron chi connectivity index (χ3n) is 3.67. The minimum absolute atomic E-state index is 0.147. The fourth-order valence-electron chi connectivity index (χ4n) is 2.55. The predicted molar refractivity (Wildman–Crippen MR) is 92.7 cm³/mol. The minimum Gasteiger partial charge on any atom is -0.366 e. The van der Waals surface area contributed by atoms with Gasteiger partial charge in [-0.1, -0.05) is 30.9 Å². The summed E-state index contributed by atoms with van der Waals surface area (Å²) in [5.41, 5.74) is 0. The molecule has 0 aromatic carbocycles. The van der Waals surface area contributed by atoms with E-state index < -0.39 is 10.0 Å². The van der Waals surface area contributed by atoms with E-state index in [1.807, 2.05) is 0 Å². The molecule has 0 atom stereocenters. The first-order valence-electron chi connectivity index (χ1n) is 7.41. The lowest BCUT2D eigenvalue weighted by Gasteiger charge is -2.22. The van der Waals surface area contributed by atoms with Crippen LogP contribution in [-0.4, -0.2) is 24.7 Å². The summed E-state index contributed by atoms with van der Waals surface area (Å²) in [4.78, 5) is 0. The van der Waals surface area contributed by atoms with Gasteiger partial charge in [0.2, 0.25) is 0 Å². The maximum atomic E-state index is 12.2. The van der Waals surface area contributed by atoms with Crippen LogP contribution >= 0.6 is 22.9 Å². The summed E-state index contributed by atoms with van der Waals surface area (Å²) < 4.78 is 27.3. The van der Waals surface area contributed by atoms with Gasteiger partial charge in [-0.15, -0.1) is 21.5 Å². The smallest absolute Gasteiger partial charge is 0.272 e. The zero-order valence-electron chi connectivity index (χ0n) is 12.3. The molecule has 0 amide bonds. The molecule has 2 aromatic rings. The molecule has 6 nitrogen and oxygen atoms in total. The van der Waals surface area contributed by atoms with Crippen molar-refractivity contribution in [3.63, 3.8) is 0 Å². The molecule has 2 N–H and O–H groups in total. The van der Waals surface area contributed by atoms with E-state index in [1.165, 1.54) is 25.3 Å². The third kappa shape index (κ3) is 4.33. The van der Waals surface area contributed by atoms with Crippen LogP contribution in [0.2, 0.25) is 4.34 Å². The van der Waals surface area contributed by atoms with Gasteiger partial charge < -0.3 is 5.32 Å². The summed E-state index contributed by atoms with van der Waals surface area (Å²) >= 11 is 6.77. The van der Waals surface area contributed by atoms with Gasteiger partial charge >= 0.3 is 0 Å². The Bertz CT molecular complexity index is 755. The molecule has 0 unspecified atom stereocenters. The van der Waals surface area contributed by atoms with Gasteiger partial charge in [0, 0.05) is 6.04 Å². The minimum atomic E-state index is -3.67. The molecule has 1 aliphatic carbocycles. The van der Waals surface area contributed by atoms with Crippen LogP contribution in [0.4, 0.5) is 11.6 Å². The molecule has 1 fully saturated rings. The molecule has 1 aliphatic rings. The molecule has 0 aliphatic heterocycles. The van der Waals surface area contributed by atoms with Crippen molar-refractivity contribution in [1.29, 1.82) is 0 Å². The average molecular weight is 373 g/mol. The molecular weight excluding hydrogens is 356 g/mol. The molecule has 23 heavy (non-hydrogen) atoms. The molecule has 0 radical (unpaired) electrons. The van der Waals surface area contributed by atoms with Gasteiger partial charge in [-0.05, 0) is 37.1 Å². The van der Waals surface area contributed by atoms with Crippen molar-refractivity contribution >= 4 is 44.6 Å². The first-order valence-corrected chi connectivity index (χ1v) is 10.1. The van der Waals surface area contributed by atoms with E-state index in [0.717, 1.165) is 24.2 Å². The maximum absolute atomic E-state index is 12.2. The highest BCUT2D eigenvalue weighted by atomic mass is 35.5. The Morgan fingerprint density at radius 2 is 1.74 bits per heavy atom. The summed E-state index contributed by atoms with van der Waals surface area (Å²) in [7, 11) is -3.67. The number of nitrogens with one attached hydrogen (secondary N) is 2. The highest BCUT2D eigenvalue weighted by Crippen LogP contribution is 2.27. The molecule has 1 saturated carbocycles. The molecular formula is C14H17ClN4O2S2. The fraction of sp³-hybridized carbons (Fsp3) is 0.429. The van der Waals surface area contributed by atoms with Gasteiger partial charge in [0.15, 0.2) is 5.82 Å². The third-order valence-corrected chi connectivity index (χ3v) is 6.75. The highest BCUT2D eigenvalue weighted by Gasteiger charge is 2.18. The second-order valence-electron chi connectivity index (χ2n) is 5.45. The summed E-state index contributed by atoms with van der Waals surface area (Å²) in [6.45, 7) is 0. The summed E-state index contributed by atoms with van der Waals surface area (Å²) in [6, 6.07) is 6.77. The Labute approximate surface area is 144 Å². The molecule has 0 spiro atoms. The van der Waals surface area contributed by atoms with Crippen molar-refractivity contribution in [2.75, 3.05) is 10.0 Å². The molecule has 2 aromatic heterocycles. The van der Waals surface area contributed by atoms with Gasteiger partial charge in [0.1, 0.15) is 10.0 Å². The highest BCUT2D eigenvalue weighted by molar-refractivity contribution is 7.94. The van der Waals surface area contributed by atoms with Gasteiger partial charge in [-0.3, -0.25) is 4.72 Å². The first kappa shape index (κ1) is 16.5. The predicted octanol–water partition coefficient (Wildman–Crippen LogP) is 3.74. The zero-order valence-corrected chi connectivity index (χ0v) is 14.7. The number of sulfonamides is 1. The monoisotopic (exact) mass is 372 g/mol. The van der Waals surface area contributed by atoms with E-state index in [1.54, 1.807) is 18.2 Å². The van der Waals surface area contributed by atoms with Crippen LogP contribution < -0.4 is 10.0 Å². The normalized spacial score (nSPS) is 16.2. The number of nitrogens with zero attached hydrogens (tertiary/aromatic N) is 2. The quantitative estimate of drug-likeness (QED) is 0.835. The number of aromatic nitrogens is 2. The summed E-state index contributed by atoms with van der Waals surface area (Å²) in [5.74, 6) is 0.850. The van der Waals surface area contributed by atoms with Gasteiger partial charge in [-0.2, -0.15) is 0 Å². The van der Waals surface area contributed by atoms with Gasteiger partial charge in [0.25, 0.3) is 10.0 Å². The largest absolute Gasteiger partial charge is 0.366 e. The Balaban J connectivity index is 1.65. The van der Waals surface area contributed by atoms with Crippen LogP contribution in [0.3, 0.4) is 0 Å². The fourth-order valence-corrected chi connectivity index (χ4v) is 5.03. The Hall–Kier alpha value is -1.38. The Morgan fingerprint density at radius 1 is 1.04 bits per heavy atom. The second-order valence-corrected chi connectivity index (χ2v) is 9.07. The van der Waals surface area contributed by atoms with Crippen molar-refractivity contribution in [2.45, 2.75) is 42.4 Å². The molecule has 9 heteroatoms. The number of anilines is 2. The van der Waals surface area contributed by atoms with Gasteiger partial charge in [-0.25, -0.2) is 8.42 Å². The van der Waals surface area contributed by atoms with E-state index in [-0.39, 0.29) is 10.0 Å². The Kier molecular flexibility index (Phi) is 5.03. The van der Waals surface area contributed by atoms with E-state index in [0.29, 0.717) is 16.2 Å². The van der Waals surface area contributed by atoms with E-state index >= 15 is 0 Å². The van der Waals surface area contributed by atoms with Gasteiger partial charge in [0.05, 0.1) is 4.34 Å². The lowest BCUT2D eigenvalue weighted by molar-refractivity contribution is 0.461. The SMILES string of the molecule is O=S(=O)(Nc1ccc(NC2CCCCC2)nn1)c1ccc(Cl)s1. The first-order chi connectivity index (χ1) is 11.0. The van der Waals surface area contributed by atoms with E-state index in [2.05, 4.69) is 20.2 Å². The Morgan fingerprint density at radius 3 is 2.35 bits per heavy atom. The summed E-state index contributed by atoms with van der Waals surface area (Å²) in [5, 5.41) is 11.3.